The SMILES string of the molecule is COC1C(OC)[C@H](O[C@H]2O[C@@H](COS(=O)(=O)O)[C@@H](O[C@@H]3OC(C(=O)O)[C@@H](O[C@H]4OC(COS(=O)(=O)O)C(OC)[C@H](OC)C4NC(=O)CCCCCNC(=O)CCCCC4SCC5NC(=O)NC54)[C@H](OC)C3OC)C(OSOOO)C2OSOOO)[C@H](C(=O)O)O[C@H]1O[C@@H]1C(COS(=O)(=O)O)O[C@H](OC)C(OSOOO)[C@H]1OSOOO. The summed E-state index contributed by atoms with van der Waals surface area (Å²) < 4.78 is 252. The van der Waals surface area contributed by atoms with Crippen LogP contribution < -0.4 is 21.3 Å². The number of unbranched alkanes of at least 4 members (excludes halogenated alkanes) is 3. The predicted octanol–water partition coefficient (Wildman–Crippen LogP) is -2.12. The van der Waals surface area contributed by atoms with Crippen molar-refractivity contribution in [3.05, 3.63) is 0 Å². The molecule has 55 nitrogen and oxygen atoms in total. The summed E-state index contributed by atoms with van der Waals surface area (Å²) in [6.07, 6.45) is -44.8. The molecule has 116 heavy (non-hydrogen) atoms. The van der Waals surface area contributed by atoms with Gasteiger partial charge in [0, 0.05) is 80.2 Å². The highest BCUT2D eigenvalue weighted by Crippen LogP contribution is 2.43. The number of urea groups is 1. The molecular formula is C53H88N4O51S8. The van der Waals surface area contributed by atoms with Gasteiger partial charge in [0.2, 0.25) is 11.8 Å². The largest absolute Gasteiger partial charge is 0.479 e. The van der Waals surface area contributed by atoms with E-state index in [9.17, 15) is 83.6 Å². The summed E-state index contributed by atoms with van der Waals surface area (Å²) in [6, 6.07) is -1.63. The van der Waals surface area contributed by atoms with Crippen molar-refractivity contribution in [1.82, 2.24) is 21.3 Å². The maximum atomic E-state index is 14.0. The Morgan fingerprint density at radius 1 is 0.448 bits per heavy atom. The molecule has 7 saturated heterocycles. The second kappa shape index (κ2) is 49.7. The Morgan fingerprint density at radius 3 is 1.28 bits per heavy atom. The van der Waals surface area contributed by atoms with Crippen LogP contribution in [0.4, 0.5) is 4.79 Å². The number of amides is 4. The van der Waals surface area contributed by atoms with Crippen LogP contribution in [-0.4, -0.2) is 353 Å². The smallest absolute Gasteiger partial charge is 0.397 e. The first kappa shape index (κ1) is 100. The maximum Gasteiger partial charge on any atom is 0.397 e. The molecule has 0 spiro atoms. The van der Waals surface area contributed by atoms with Gasteiger partial charge in [-0.15, -0.1) is 17.3 Å². The molecule has 0 radical (unpaired) electrons. The maximum absolute atomic E-state index is 14.0. The number of methoxy groups -OCH3 is 7. The van der Waals surface area contributed by atoms with Gasteiger partial charge < -0.3 is 107 Å². The average molecular weight is 1850 g/mol. The average Bonchev–Trinajstić information content (AvgIpc) is 1.01. The van der Waals surface area contributed by atoms with E-state index in [1.807, 2.05) is 0 Å². The third-order valence-corrected chi connectivity index (χ3v) is 22.6. The van der Waals surface area contributed by atoms with Crippen molar-refractivity contribution in [3.8, 4) is 0 Å². The van der Waals surface area contributed by atoms with E-state index >= 15 is 0 Å². The summed E-state index contributed by atoms with van der Waals surface area (Å²) in [7, 11) is -8.95. The standard InChI is InChI=1S/C53H88N4O51S8/c1-78-30-22(17-85-114(69,70)71)88-48(29(33(30)79-2)56-27(59)15-9-8-12-16-54-26(58)14-11-10-13-25-28-21(20-109-25)55-53(64)57-28)93-36-34(80-3)42(82-5)50(95-40(36)46(60)61)92-32-24(19-87-116(75,76)77)90-52(45(100-113-108-104-68)39(32)98-111-106-102-66)94-37-35(81-4)43(83-6)51(96-41(37)47(62)63)91-31-23(18-86-115(72,73)74)89-49(84-7)44(99-112-107-103-67)38(31)97-110-105-101-65/h21-25,28-45,48-52,65-68H,8-20H2,1-7H3,(H,54,58)(H,56,59)(H,60,61)(H,62,63)(H2,55,57,64)(H,69,70,71)(H,72,73,74)(H,75,76,77)/t21?,22?,23?,24-,25?,28?,29?,30?,31+,32+,33+,34-,35?,36-,37-,38-,39?,40?,41+,42?,43?,44?,45?,48+,49-,50+,51+,52+/m0/s1. The minimum absolute atomic E-state index is 0.0394. The lowest BCUT2D eigenvalue weighted by molar-refractivity contribution is -0.437. The van der Waals surface area contributed by atoms with Gasteiger partial charge >= 0.3 is 49.2 Å². The Balaban J connectivity index is 1.16. The Labute approximate surface area is 680 Å². The molecule has 0 saturated carbocycles. The summed E-state index contributed by atoms with van der Waals surface area (Å²) in [5.74, 6) is -3.95. The number of hydrogen-bond acceptors (Lipinski definition) is 51. The second-order valence-electron chi connectivity index (χ2n) is 24.8. The van der Waals surface area contributed by atoms with Crippen molar-refractivity contribution in [1.29, 1.82) is 0 Å². The molecule has 13 N–H and O–H groups in total. The first-order chi connectivity index (χ1) is 55.3. The topological polar surface area (TPSA) is 704 Å². The number of carboxylic acid groups (broad SMARTS) is 2. The summed E-state index contributed by atoms with van der Waals surface area (Å²) in [6.45, 7) is -3.43. The van der Waals surface area contributed by atoms with Crippen molar-refractivity contribution in [2.45, 2.75) is 222 Å². The Hall–Kier alpha value is -2.77. The Bertz CT molecular complexity index is 3350. The molecular weight excluding hydrogens is 1770 g/mol. The number of carboxylic acids is 2. The summed E-state index contributed by atoms with van der Waals surface area (Å²) in [5, 5.41) is 84.6. The molecule has 0 aromatic heterocycles. The second-order valence-corrected chi connectivity index (χ2v) is 31.2. The predicted molar refractivity (Wildman–Crippen MR) is 369 cm³/mol. The molecule has 7 aliphatic heterocycles. The van der Waals surface area contributed by atoms with E-state index in [0.29, 0.717) is 19.3 Å². The molecule has 0 bridgehead atoms. The molecule has 4 amide bonds. The van der Waals surface area contributed by atoms with Crippen molar-refractivity contribution in [3.63, 3.8) is 0 Å². The highest BCUT2D eigenvalue weighted by Gasteiger charge is 2.62. The van der Waals surface area contributed by atoms with E-state index in [1.54, 1.807) is 11.8 Å². The van der Waals surface area contributed by atoms with Crippen molar-refractivity contribution >= 4 is 122 Å². The molecule has 7 fully saturated rings. The zero-order valence-electron chi connectivity index (χ0n) is 61.3. The van der Waals surface area contributed by atoms with Crippen LogP contribution in [0.1, 0.15) is 51.4 Å². The van der Waals surface area contributed by atoms with E-state index in [0.717, 1.165) is 68.4 Å². The minimum Gasteiger partial charge on any atom is -0.479 e. The summed E-state index contributed by atoms with van der Waals surface area (Å²) >= 11 is 0.885. The van der Waals surface area contributed by atoms with Crippen LogP contribution in [0.2, 0.25) is 0 Å². The van der Waals surface area contributed by atoms with Gasteiger partial charge in [0.1, 0.15) is 97.6 Å². The van der Waals surface area contributed by atoms with Crippen LogP contribution in [0.25, 0.3) is 0 Å². The quantitative estimate of drug-likeness (QED) is 0.00773. The van der Waals surface area contributed by atoms with Crippen LogP contribution in [0, 0.1) is 0 Å². The van der Waals surface area contributed by atoms with Crippen molar-refractivity contribution < 1.29 is 237 Å². The Kier molecular flexibility index (Phi) is 42.9. The van der Waals surface area contributed by atoms with Gasteiger partial charge in [-0.05, 0) is 25.7 Å². The van der Waals surface area contributed by atoms with Gasteiger partial charge in [-0.3, -0.25) is 40.0 Å². The van der Waals surface area contributed by atoms with Gasteiger partial charge in [-0.25, -0.2) is 48.0 Å². The molecule has 7 heterocycles. The Morgan fingerprint density at radius 2 is 0.845 bits per heavy atom. The van der Waals surface area contributed by atoms with Gasteiger partial charge in [-0.1, -0.05) is 33.0 Å². The lowest BCUT2D eigenvalue weighted by Gasteiger charge is -2.51. The summed E-state index contributed by atoms with van der Waals surface area (Å²) in [5.41, 5.74) is 0. The molecule has 0 aromatic carbocycles. The number of carbonyl (C=O) groups excluding carboxylic acids is 3. The lowest BCUT2D eigenvalue weighted by Crippen LogP contribution is -2.70. The third-order valence-electron chi connectivity index (χ3n) is 18.1. The first-order valence-corrected chi connectivity index (χ1v) is 41.5. The van der Waals surface area contributed by atoms with Gasteiger partial charge in [-0.2, -0.15) is 37.0 Å². The number of rotatable bonds is 54. The first-order valence-electron chi connectivity index (χ1n) is 33.7. The number of aliphatic carboxylic acids is 2. The third kappa shape index (κ3) is 29.4. The number of hydrogen-bond donors (Lipinski definition) is 13. The van der Waals surface area contributed by atoms with Crippen LogP contribution in [0.5, 0.6) is 0 Å². The lowest BCUT2D eigenvalue weighted by atomic mass is 9.94. The number of thioether (sulfide) groups is 1. The summed E-state index contributed by atoms with van der Waals surface area (Å²) in [4.78, 5) is 65.9. The van der Waals surface area contributed by atoms with E-state index < -0.39 is 222 Å². The van der Waals surface area contributed by atoms with Crippen molar-refractivity contribution in [2.24, 2.45) is 0 Å². The number of carbonyl (C=O) groups is 5. The highest BCUT2D eigenvalue weighted by atomic mass is 32.3. The van der Waals surface area contributed by atoms with Gasteiger partial charge in [0.15, 0.2) is 105 Å². The van der Waals surface area contributed by atoms with Crippen LogP contribution in [-0.2, 0) is 193 Å². The van der Waals surface area contributed by atoms with Gasteiger partial charge in [0.05, 0.1) is 31.9 Å². The minimum atomic E-state index is -5.60. The zero-order chi connectivity index (χ0) is 85.0. The normalized spacial score (nSPS) is 35.0. The number of ether oxygens (including phenoxy) is 16. The molecule has 7 aliphatic rings. The van der Waals surface area contributed by atoms with Gasteiger partial charge in [0.25, 0.3) is 0 Å². The monoisotopic (exact) mass is 1850 g/mol. The van der Waals surface area contributed by atoms with Crippen molar-refractivity contribution in [2.75, 3.05) is 81.9 Å². The number of fused-ring (bicyclic) bond motifs is 1. The molecule has 0 aliphatic carbocycles. The molecule has 0 aromatic rings. The molecule has 63 heteroatoms. The van der Waals surface area contributed by atoms with E-state index in [-0.39, 0.29) is 104 Å². The van der Waals surface area contributed by atoms with Crippen LogP contribution in [0.15, 0.2) is 0 Å². The molecule has 674 valence electrons. The van der Waals surface area contributed by atoms with E-state index in [4.69, 9.17) is 107 Å². The fourth-order valence-corrected chi connectivity index (χ4v) is 17.2. The fourth-order valence-electron chi connectivity index (χ4n) is 13.3. The molecule has 28 atom stereocenters. The zero-order valence-corrected chi connectivity index (χ0v) is 67.8. The van der Waals surface area contributed by atoms with E-state index in [1.165, 1.54) is 0 Å². The number of nitrogens with one attached hydrogen (secondary N) is 4. The van der Waals surface area contributed by atoms with Crippen LogP contribution in [0.3, 0.4) is 0 Å². The van der Waals surface area contributed by atoms with Crippen LogP contribution >= 0.6 is 61.1 Å². The van der Waals surface area contributed by atoms with E-state index in [2.05, 4.69) is 67.1 Å². The fraction of sp³-hybridized carbons (Fsp3) is 0.906. The molecule has 14 unspecified atom stereocenters. The highest BCUT2D eigenvalue weighted by molar-refractivity contribution is 8.00. The molecule has 7 rings (SSSR count).